The molecule has 0 fully saturated rings. The van der Waals surface area contributed by atoms with E-state index < -0.39 is 15.9 Å². The van der Waals surface area contributed by atoms with E-state index in [-0.39, 0.29) is 15.5 Å². The fourth-order valence-corrected chi connectivity index (χ4v) is 5.33. The van der Waals surface area contributed by atoms with Crippen molar-refractivity contribution in [2.45, 2.75) is 15.5 Å². The van der Waals surface area contributed by atoms with E-state index in [9.17, 15) is 13.2 Å². The molecule has 0 aliphatic rings. The van der Waals surface area contributed by atoms with Crippen LogP contribution in [-0.4, -0.2) is 32.7 Å². The van der Waals surface area contributed by atoms with Crippen LogP contribution in [-0.2, 0) is 15.8 Å². The number of hydrogen-bond acceptors (Lipinski definition) is 5. The number of carbonyl (C=O) groups excluding carboxylic acids is 1. The van der Waals surface area contributed by atoms with Crippen LogP contribution in [0.25, 0.3) is 0 Å². The molecule has 1 heterocycles. The Morgan fingerprint density at radius 3 is 2.62 bits per heavy atom. The standard InChI is InChI=1S/C20H19ClN2O3S3/c1-23(2)29(25,26)15-7-8-17(21)16(11-15)20(24)22-18-5-3-4-6-19(18)28-13-14-9-10-27-12-14/h3-12H,13H2,1-2H3,(H,22,24). The zero-order valence-electron chi connectivity index (χ0n) is 15.8. The van der Waals surface area contributed by atoms with Crippen LogP contribution in [0.2, 0.25) is 5.02 Å². The normalized spacial score (nSPS) is 11.6. The molecular weight excluding hydrogens is 448 g/mol. The zero-order valence-corrected chi connectivity index (χ0v) is 19.0. The lowest BCUT2D eigenvalue weighted by molar-refractivity contribution is 0.102. The molecule has 0 unspecified atom stereocenters. The highest BCUT2D eigenvalue weighted by Gasteiger charge is 2.21. The highest BCUT2D eigenvalue weighted by atomic mass is 35.5. The molecule has 29 heavy (non-hydrogen) atoms. The van der Waals surface area contributed by atoms with Crippen molar-refractivity contribution in [2.24, 2.45) is 0 Å². The SMILES string of the molecule is CN(C)S(=O)(=O)c1ccc(Cl)c(C(=O)Nc2ccccc2SCc2ccsc2)c1. The number of amides is 1. The summed E-state index contributed by atoms with van der Waals surface area (Å²) in [6, 6.07) is 13.7. The fraction of sp³-hybridized carbons (Fsp3) is 0.150. The second kappa shape index (κ2) is 9.32. The van der Waals surface area contributed by atoms with Crippen molar-refractivity contribution in [2.75, 3.05) is 19.4 Å². The van der Waals surface area contributed by atoms with Gasteiger partial charge in [-0.15, -0.1) is 11.8 Å². The molecule has 1 N–H and O–H groups in total. The Labute approximate surface area is 183 Å². The highest BCUT2D eigenvalue weighted by molar-refractivity contribution is 7.98. The van der Waals surface area contributed by atoms with Gasteiger partial charge in [-0.1, -0.05) is 23.7 Å². The van der Waals surface area contributed by atoms with Crippen molar-refractivity contribution in [3.05, 3.63) is 75.4 Å². The Kier molecular flexibility index (Phi) is 7.02. The molecule has 9 heteroatoms. The summed E-state index contributed by atoms with van der Waals surface area (Å²) in [5.74, 6) is 0.322. The topological polar surface area (TPSA) is 66.5 Å². The van der Waals surface area contributed by atoms with Gasteiger partial charge in [0.15, 0.2) is 0 Å². The molecule has 0 radical (unpaired) electrons. The molecule has 3 aromatic rings. The van der Waals surface area contributed by atoms with Crippen molar-refractivity contribution in [1.82, 2.24) is 4.31 Å². The summed E-state index contributed by atoms with van der Waals surface area (Å²) in [7, 11) is -0.803. The smallest absolute Gasteiger partial charge is 0.257 e. The Morgan fingerprint density at radius 2 is 1.93 bits per heavy atom. The molecule has 2 aromatic carbocycles. The summed E-state index contributed by atoms with van der Waals surface area (Å²) in [5.41, 5.74) is 1.97. The van der Waals surface area contributed by atoms with Crippen molar-refractivity contribution >= 4 is 56.3 Å². The molecule has 0 bridgehead atoms. The predicted octanol–water partition coefficient (Wildman–Crippen LogP) is 5.20. The third-order valence-corrected chi connectivity index (χ3v) is 8.09. The first kappa shape index (κ1) is 21.9. The van der Waals surface area contributed by atoms with E-state index in [1.54, 1.807) is 23.1 Å². The van der Waals surface area contributed by atoms with E-state index in [0.29, 0.717) is 5.69 Å². The molecule has 0 aliphatic heterocycles. The van der Waals surface area contributed by atoms with Crippen LogP contribution in [0.4, 0.5) is 5.69 Å². The minimum atomic E-state index is -3.67. The molecule has 0 saturated heterocycles. The van der Waals surface area contributed by atoms with E-state index in [1.807, 2.05) is 29.6 Å². The molecule has 0 atom stereocenters. The number of benzene rings is 2. The van der Waals surface area contributed by atoms with Gasteiger partial charge in [0.05, 0.1) is 21.2 Å². The lowest BCUT2D eigenvalue weighted by Crippen LogP contribution is -2.23. The van der Waals surface area contributed by atoms with Gasteiger partial charge in [0, 0.05) is 24.7 Å². The van der Waals surface area contributed by atoms with Crippen molar-refractivity contribution in [3.63, 3.8) is 0 Å². The van der Waals surface area contributed by atoms with Gasteiger partial charge >= 0.3 is 0 Å². The fourth-order valence-electron chi connectivity index (χ4n) is 2.47. The lowest BCUT2D eigenvalue weighted by Gasteiger charge is -2.14. The summed E-state index contributed by atoms with van der Waals surface area (Å²) in [6.07, 6.45) is 0. The molecule has 5 nitrogen and oxygen atoms in total. The van der Waals surface area contributed by atoms with E-state index in [1.165, 1.54) is 37.9 Å². The summed E-state index contributed by atoms with van der Waals surface area (Å²) in [4.78, 5) is 13.8. The summed E-state index contributed by atoms with van der Waals surface area (Å²) in [6.45, 7) is 0. The molecule has 0 aliphatic carbocycles. The molecule has 152 valence electrons. The van der Waals surface area contributed by atoms with Crippen LogP contribution in [0.1, 0.15) is 15.9 Å². The summed E-state index contributed by atoms with van der Waals surface area (Å²) >= 11 is 9.44. The first-order chi connectivity index (χ1) is 13.8. The number of sulfonamides is 1. The average Bonchev–Trinajstić information content (AvgIpc) is 3.21. The number of anilines is 1. The summed E-state index contributed by atoms with van der Waals surface area (Å²) < 4.78 is 25.8. The molecule has 3 rings (SSSR count). The first-order valence-corrected chi connectivity index (χ1v) is 12.3. The van der Waals surface area contributed by atoms with Crippen molar-refractivity contribution < 1.29 is 13.2 Å². The van der Waals surface area contributed by atoms with E-state index in [2.05, 4.69) is 16.8 Å². The zero-order chi connectivity index (χ0) is 21.0. The monoisotopic (exact) mass is 466 g/mol. The average molecular weight is 467 g/mol. The summed E-state index contributed by atoms with van der Waals surface area (Å²) in [5, 5.41) is 7.16. The number of halogens is 1. The van der Waals surface area contributed by atoms with Crippen LogP contribution in [0, 0.1) is 0 Å². The quantitative estimate of drug-likeness (QED) is 0.486. The van der Waals surface area contributed by atoms with Crippen LogP contribution >= 0.6 is 34.7 Å². The van der Waals surface area contributed by atoms with Crippen LogP contribution < -0.4 is 5.32 Å². The molecule has 0 spiro atoms. The highest BCUT2D eigenvalue weighted by Crippen LogP contribution is 2.31. The van der Waals surface area contributed by atoms with Gasteiger partial charge in [-0.05, 0) is 52.7 Å². The lowest BCUT2D eigenvalue weighted by atomic mass is 10.2. The van der Waals surface area contributed by atoms with Crippen molar-refractivity contribution in [3.8, 4) is 0 Å². The number of thioether (sulfide) groups is 1. The van der Waals surface area contributed by atoms with Crippen LogP contribution in [0.3, 0.4) is 0 Å². The number of nitrogens with zero attached hydrogens (tertiary/aromatic N) is 1. The second-order valence-corrected chi connectivity index (χ2v) is 10.7. The van der Waals surface area contributed by atoms with Gasteiger partial charge in [0.25, 0.3) is 5.91 Å². The van der Waals surface area contributed by atoms with E-state index in [0.717, 1.165) is 15.0 Å². The Morgan fingerprint density at radius 1 is 1.17 bits per heavy atom. The minimum absolute atomic E-state index is 0.0113. The van der Waals surface area contributed by atoms with Gasteiger partial charge < -0.3 is 5.32 Å². The third-order valence-electron chi connectivity index (χ3n) is 4.07. The first-order valence-electron chi connectivity index (χ1n) is 8.55. The Hall–Kier alpha value is -1.84. The van der Waals surface area contributed by atoms with Gasteiger partial charge in [0.2, 0.25) is 10.0 Å². The largest absolute Gasteiger partial charge is 0.321 e. The number of rotatable bonds is 7. The third kappa shape index (κ3) is 5.21. The molecule has 1 amide bonds. The van der Waals surface area contributed by atoms with E-state index >= 15 is 0 Å². The van der Waals surface area contributed by atoms with Gasteiger partial charge in [-0.2, -0.15) is 11.3 Å². The van der Waals surface area contributed by atoms with Crippen LogP contribution in [0.15, 0.2) is 69.1 Å². The van der Waals surface area contributed by atoms with Gasteiger partial charge in [0.1, 0.15) is 0 Å². The molecular formula is C20H19ClN2O3S3. The number of para-hydroxylation sites is 1. The van der Waals surface area contributed by atoms with Gasteiger partial charge in [-0.3, -0.25) is 4.79 Å². The number of nitrogens with one attached hydrogen (secondary N) is 1. The number of carbonyl (C=O) groups is 1. The minimum Gasteiger partial charge on any atom is -0.321 e. The number of hydrogen-bond donors (Lipinski definition) is 1. The predicted molar refractivity (Wildman–Crippen MR) is 121 cm³/mol. The molecule has 0 saturated carbocycles. The van der Waals surface area contributed by atoms with E-state index in [4.69, 9.17) is 11.6 Å². The number of thiophene rings is 1. The maximum atomic E-state index is 12.9. The maximum Gasteiger partial charge on any atom is 0.257 e. The molecule has 1 aromatic heterocycles. The maximum absolute atomic E-state index is 12.9. The Bertz CT molecular complexity index is 1110. The Balaban J connectivity index is 1.84. The second-order valence-electron chi connectivity index (χ2n) is 6.30. The van der Waals surface area contributed by atoms with Crippen molar-refractivity contribution in [1.29, 1.82) is 0 Å². The van der Waals surface area contributed by atoms with Crippen LogP contribution in [0.5, 0.6) is 0 Å². The van der Waals surface area contributed by atoms with Gasteiger partial charge in [-0.25, -0.2) is 12.7 Å².